The zero-order chi connectivity index (χ0) is 15.7. The topological polar surface area (TPSA) is 55.9 Å². The molecular formula is C16H30Cl2N4O2. The Labute approximate surface area is 157 Å². The second-order valence-corrected chi connectivity index (χ2v) is 7.17. The van der Waals surface area contributed by atoms with Gasteiger partial charge in [-0.25, -0.2) is 0 Å². The Kier molecular flexibility index (Phi) is 8.26. The normalized spacial score (nSPS) is 29.3. The molecule has 6 nitrogen and oxygen atoms in total. The SMILES string of the molecule is CN(C)CCN1CC(C(=O)N2C3CCNCC2CC3)CC1=O.Cl.Cl. The molecule has 3 atom stereocenters. The minimum absolute atomic E-state index is 0. The van der Waals surface area contributed by atoms with Crippen LogP contribution in [0.2, 0.25) is 0 Å². The molecule has 8 heteroatoms. The predicted octanol–water partition coefficient (Wildman–Crippen LogP) is 0.593. The van der Waals surface area contributed by atoms with Gasteiger partial charge in [-0.05, 0) is 39.9 Å². The van der Waals surface area contributed by atoms with Crippen molar-refractivity contribution in [3.63, 3.8) is 0 Å². The first-order chi connectivity index (χ1) is 10.6. The van der Waals surface area contributed by atoms with E-state index in [0.717, 1.165) is 45.4 Å². The summed E-state index contributed by atoms with van der Waals surface area (Å²) < 4.78 is 0. The largest absolute Gasteiger partial charge is 0.341 e. The van der Waals surface area contributed by atoms with Crippen LogP contribution in [0, 0.1) is 5.92 Å². The number of likely N-dealkylation sites (tertiary alicyclic amines) is 1. The summed E-state index contributed by atoms with van der Waals surface area (Å²) in [5.74, 6) is 0.230. The van der Waals surface area contributed by atoms with Crippen molar-refractivity contribution in [2.45, 2.75) is 37.8 Å². The summed E-state index contributed by atoms with van der Waals surface area (Å²) in [5.41, 5.74) is 0. The molecule has 140 valence electrons. The minimum Gasteiger partial charge on any atom is -0.341 e. The summed E-state index contributed by atoms with van der Waals surface area (Å²) in [4.78, 5) is 31.2. The Balaban J connectivity index is 0.00000144. The monoisotopic (exact) mass is 380 g/mol. The molecule has 0 aliphatic carbocycles. The van der Waals surface area contributed by atoms with Crippen LogP contribution < -0.4 is 5.32 Å². The Morgan fingerprint density at radius 2 is 1.92 bits per heavy atom. The number of likely N-dealkylation sites (N-methyl/N-ethyl adjacent to an activating group) is 1. The van der Waals surface area contributed by atoms with E-state index < -0.39 is 0 Å². The van der Waals surface area contributed by atoms with Gasteiger partial charge >= 0.3 is 0 Å². The number of nitrogens with zero attached hydrogens (tertiary/aromatic N) is 3. The average Bonchev–Trinajstić information content (AvgIpc) is 2.95. The zero-order valence-corrected chi connectivity index (χ0v) is 16.2. The summed E-state index contributed by atoms with van der Waals surface area (Å²) in [6, 6.07) is 0.726. The van der Waals surface area contributed by atoms with Crippen molar-refractivity contribution in [1.82, 2.24) is 20.0 Å². The van der Waals surface area contributed by atoms with Crippen molar-refractivity contribution in [3.8, 4) is 0 Å². The van der Waals surface area contributed by atoms with Gasteiger partial charge in [-0.15, -0.1) is 24.8 Å². The van der Waals surface area contributed by atoms with Gasteiger partial charge in [0.1, 0.15) is 0 Å². The number of halogens is 2. The predicted molar refractivity (Wildman–Crippen MR) is 98.9 cm³/mol. The lowest BCUT2D eigenvalue weighted by atomic mass is 10.1. The average molecular weight is 381 g/mol. The zero-order valence-electron chi connectivity index (χ0n) is 14.6. The first-order valence-electron chi connectivity index (χ1n) is 8.51. The highest BCUT2D eigenvalue weighted by atomic mass is 35.5. The van der Waals surface area contributed by atoms with Gasteiger partial charge in [0.2, 0.25) is 11.8 Å². The van der Waals surface area contributed by atoms with E-state index in [2.05, 4.69) is 15.1 Å². The van der Waals surface area contributed by atoms with Crippen LogP contribution in [0.5, 0.6) is 0 Å². The maximum atomic E-state index is 13.0. The van der Waals surface area contributed by atoms with Crippen LogP contribution in [0.4, 0.5) is 0 Å². The lowest BCUT2D eigenvalue weighted by Crippen LogP contribution is -2.46. The third-order valence-electron chi connectivity index (χ3n) is 5.29. The number of carbonyl (C=O) groups excluding carboxylic acids is 2. The van der Waals surface area contributed by atoms with Crippen molar-refractivity contribution in [1.29, 1.82) is 0 Å². The van der Waals surface area contributed by atoms with E-state index in [1.54, 1.807) is 0 Å². The van der Waals surface area contributed by atoms with Gasteiger partial charge in [0.25, 0.3) is 0 Å². The van der Waals surface area contributed by atoms with Crippen LogP contribution in [0.15, 0.2) is 0 Å². The van der Waals surface area contributed by atoms with E-state index >= 15 is 0 Å². The molecule has 0 aromatic heterocycles. The third-order valence-corrected chi connectivity index (χ3v) is 5.29. The summed E-state index contributed by atoms with van der Waals surface area (Å²) in [5, 5.41) is 3.43. The van der Waals surface area contributed by atoms with E-state index in [1.807, 2.05) is 19.0 Å². The van der Waals surface area contributed by atoms with Crippen LogP contribution in [0.3, 0.4) is 0 Å². The van der Waals surface area contributed by atoms with Crippen molar-refractivity contribution in [2.24, 2.45) is 5.92 Å². The van der Waals surface area contributed by atoms with Gasteiger partial charge in [0.15, 0.2) is 0 Å². The molecule has 3 saturated heterocycles. The molecule has 0 aromatic carbocycles. The number of rotatable bonds is 4. The Hall–Kier alpha value is -0.560. The molecule has 2 amide bonds. The summed E-state index contributed by atoms with van der Waals surface area (Å²) in [6.45, 7) is 4.10. The number of hydrogen-bond donors (Lipinski definition) is 1. The number of carbonyl (C=O) groups is 2. The van der Waals surface area contributed by atoms with Gasteiger partial charge in [0, 0.05) is 44.7 Å². The fourth-order valence-corrected chi connectivity index (χ4v) is 4.03. The van der Waals surface area contributed by atoms with Crippen LogP contribution in [0.25, 0.3) is 0 Å². The van der Waals surface area contributed by atoms with Crippen LogP contribution in [0.1, 0.15) is 25.7 Å². The molecule has 3 rings (SSSR count). The third kappa shape index (κ3) is 4.54. The minimum atomic E-state index is -0.129. The van der Waals surface area contributed by atoms with Gasteiger partial charge in [0.05, 0.1) is 5.92 Å². The first kappa shape index (κ1) is 21.5. The Morgan fingerprint density at radius 3 is 2.62 bits per heavy atom. The van der Waals surface area contributed by atoms with Crippen molar-refractivity contribution < 1.29 is 9.59 Å². The Bertz CT molecular complexity index is 436. The van der Waals surface area contributed by atoms with E-state index in [-0.39, 0.29) is 42.5 Å². The molecule has 3 heterocycles. The van der Waals surface area contributed by atoms with E-state index in [0.29, 0.717) is 25.0 Å². The highest BCUT2D eigenvalue weighted by Crippen LogP contribution is 2.31. The molecule has 3 unspecified atom stereocenters. The Morgan fingerprint density at radius 1 is 1.21 bits per heavy atom. The molecule has 24 heavy (non-hydrogen) atoms. The molecule has 0 saturated carbocycles. The summed E-state index contributed by atoms with van der Waals surface area (Å²) in [7, 11) is 4.01. The maximum Gasteiger partial charge on any atom is 0.228 e. The number of fused-ring (bicyclic) bond motifs is 2. The van der Waals surface area contributed by atoms with Crippen LogP contribution in [-0.4, -0.2) is 85.4 Å². The lowest BCUT2D eigenvalue weighted by molar-refractivity contribution is -0.138. The standard InChI is InChI=1S/C16H28N4O2.2ClH/c1-18(2)7-8-19-11-12(9-15(19)21)16(22)20-13-3-4-14(20)10-17-6-5-13;;/h12-14,17H,3-11H2,1-2H3;2*1H. The molecule has 0 radical (unpaired) electrons. The lowest BCUT2D eigenvalue weighted by Gasteiger charge is -2.30. The highest BCUT2D eigenvalue weighted by Gasteiger charge is 2.43. The molecule has 3 aliphatic heterocycles. The van der Waals surface area contributed by atoms with Gasteiger partial charge in [-0.1, -0.05) is 0 Å². The first-order valence-corrected chi connectivity index (χ1v) is 8.51. The van der Waals surface area contributed by atoms with Crippen LogP contribution in [-0.2, 0) is 9.59 Å². The van der Waals surface area contributed by atoms with E-state index in [4.69, 9.17) is 0 Å². The number of hydrogen-bond acceptors (Lipinski definition) is 4. The summed E-state index contributed by atoms with van der Waals surface area (Å²) in [6.07, 6.45) is 3.68. The number of nitrogens with one attached hydrogen (secondary N) is 1. The van der Waals surface area contributed by atoms with Gasteiger partial charge < -0.3 is 20.0 Å². The second-order valence-electron chi connectivity index (χ2n) is 7.17. The summed E-state index contributed by atoms with van der Waals surface area (Å²) >= 11 is 0. The molecule has 0 spiro atoms. The van der Waals surface area contributed by atoms with E-state index in [1.165, 1.54) is 0 Å². The fourth-order valence-electron chi connectivity index (χ4n) is 4.03. The van der Waals surface area contributed by atoms with Crippen LogP contribution >= 0.6 is 24.8 Å². The molecule has 3 aliphatic rings. The van der Waals surface area contributed by atoms with Gasteiger partial charge in [-0.2, -0.15) is 0 Å². The van der Waals surface area contributed by atoms with E-state index in [9.17, 15) is 9.59 Å². The smallest absolute Gasteiger partial charge is 0.228 e. The van der Waals surface area contributed by atoms with Gasteiger partial charge in [-0.3, -0.25) is 9.59 Å². The number of amides is 2. The second kappa shape index (κ2) is 9.22. The molecule has 0 aromatic rings. The fraction of sp³-hybridized carbons (Fsp3) is 0.875. The molecule has 3 fully saturated rings. The maximum absolute atomic E-state index is 13.0. The van der Waals surface area contributed by atoms with Crippen molar-refractivity contribution in [3.05, 3.63) is 0 Å². The molecule has 2 bridgehead atoms. The highest BCUT2D eigenvalue weighted by molar-refractivity contribution is 5.89. The van der Waals surface area contributed by atoms with Crippen molar-refractivity contribution in [2.75, 3.05) is 46.8 Å². The molecule has 1 N–H and O–H groups in total. The van der Waals surface area contributed by atoms with Crippen molar-refractivity contribution >= 4 is 36.6 Å². The molecular weight excluding hydrogens is 351 g/mol. The quantitative estimate of drug-likeness (QED) is 0.775.